The lowest BCUT2D eigenvalue weighted by molar-refractivity contribution is 0.319. The molecule has 0 saturated heterocycles. The Labute approximate surface area is 105 Å². The van der Waals surface area contributed by atoms with Gasteiger partial charge in [-0.1, -0.05) is 71.6 Å². The molecule has 0 unspecified atom stereocenters. The smallest absolute Gasteiger partial charge is 0.161 e. The second-order valence-corrected chi connectivity index (χ2v) is 6.32. The van der Waals surface area contributed by atoms with Gasteiger partial charge in [0.15, 0.2) is 9.76 Å². The fraction of sp³-hybridized carbons (Fsp3) is 1.00. The lowest BCUT2D eigenvalue weighted by Gasteiger charge is -2.03. The molecule has 98 valence electrons. The van der Waals surface area contributed by atoms with Crippen molar-refractivity contribution in [3.8, 4) is 0 Å². The monoisotopic (exact) mass is 244 g/mol. The average Bonchev–Trinajstić information content (AvgIpc) is 2.31. The van der Waals surface area contributed by atoms with Gasteiger partial charge in [0, 0.05) is 6.61 Å². The zero-order valence-electron chi connectivity index (χ0n) is 11.6. The predicted octanol–water partition coefficient (Wildman–Crippen LogP) is 4.45. The molecule has 0 radical (unpaired) electrons. The van der Waals surface area contributed by atoms with Gasteiger partial charge in [-0.3, -0.25) is 0 Å². The third-order valence-electron chi connectivity index (χ3n) is 3.03. The van der Waals surface area contributed by atoms with E-state index in [2.05, 4.69) is 13.8 Å². The molecule has 0 spiro atoms. The van der Waals surface area contributed by atoms with Crippen LogP contribution in [0.2, 0.25) is 6.04 Å². The Morgan fingerprint density at radius 1 is 0.688 bits per heavy atom. The van der Waals surface area contributed by atoms with Gasteiger partial charge in [0.2, 0.25) is 0 Å². The molecule has 0 aromatic heterocycles. The van der Waals surface area contributed by atoms with Crippen molar-refractivity contribution in [2.24, 2.45) is 0 Å². The van der Waals surface area contributed by atoms with E-state index in [1.54, 1.807) is 0 Å². The van der Waals surface area contributed by atoms with Crippen LogP contribution in [0.1, 0.15) is 78.1 Å². The SMILES string of the molecule is CCCCCCCCCCO[SiH2]CCCC. The summed E-state index contributed by atoms with van der Waals surface area (Å²) in [5, 5.41) is 0. The van der Waals surface area contributed by atoms with E-state index in [1.165, 1.54) is 70.3 Å². The van der Waals surface area contributed by atoms with Crippen LogP contribution < -0.4 is 0 Å². The lowest BCUT2D eigenvalue weighted by Crippen LogP contribution is -2.00. The summed E-state index contributed by atoms with van der Waals surface area (Å²) in [6.07, 6.45) is 13.9. The van der Waals surface area contributed by atoms with Crippen LogP contribution in [0, 0.1) is 0 Å². The largest absolute Gasteiger partial charge is 0.424 e. The van der Waals surface area contributed by atoms with Crippen LogP contribution in [-0.2, 0) is 4.43 Å². The van der Waals surface area contributed by atoms with E-state index in [1.807, 2.05) is 0 Å². The summed E-state index contributed by atoms with van der Waals surface area (Å²) in [5.41, 5.74) is 0. The van der Waals surface area contributed by atoms with Crippen LogP contribution in [0.5, 0.6) is 0 Å². The minimum Gasteiger partial charge on any atom is -0.424 e. The van der Waals surface area contributed by atoms with E-state index in [0.717, 1.165) is 6.61 Å². The predicted molar refractivity (Wildman–Crippen MR) is 76.8 cm³/mol. The molecule has 0 saturated carbocycles. The van der Waals surface area contributed by atoms with Crippen molar-refractivity contribution < 1.29 is 4.43 Å². The molecule has 0 heterocycles. The molecular formula is C14H32OSi. The summed E-state index contributed by atoms with van der Waals surface area (Å²) in [5.74, 6) is 0. The van der Waals surface area contributed by atoms with Gasteiger partial charge >= 0.3 is 0 Å². The molecule has 0 amide bonds. The highest BCUT2D eigenvalue weighted by atomic mass is 28.2. The van der Waals surface area contributed by atoms with Crippen molar-refractivity contribution in [1.82, 2.24) is 0 Å². The Morgan fingerprint density at radius 3 is 1.88 bits per heavy atom. The van der Waals surface area contributed by atoms with E-state index in [-0.39, 0.29) is 9.76 Å². The lowest BCUT2D eigenvalue weighted by atomic mass is 10.1. The Kier molecular flexibility index (Phi) is 15.3. The van der Waals surface area contributed by atoms with E-state index < -0.39 is 0 Å². The summed E-state index contributed by atoms with van der Waals surface area (Å²) in [4.78, 5) is 0. The van der Waals surface area contributed by atoms with Crippen molar-refractivity contribution in [3.63, 3.8) is 0 Å². The normalized spacial score (nSPS) is 11.6. The van der Waals surface area contributed by atoms with Crippen LogP contribution in [0.15, 0.2) is 0 Å². The molecule has 0 N–H and O–H groups in total. The second-order valence-electron chi connectivity index (χ2n) is 4.79. The van der Waals surface area contributed by atoms with Gasteiger partial charge in [0.05, 0.1) is 0 Å². The van der Waals surface area contributed by atoms with Crippen molar-refractivity contribution in [3.05, 3.63) is 0 Å². The molecule has 0 aliphatic carbocycles. The van der Waals surface area contributed by atoms with E-state index in [4.69, 9.17) is 4.43 Å². The standard InChI is InChI=1S/C14H32OSi/c1-3-5-7-8-9-10-11-12-13-15-16-14-6-4-2/h3-14,16H2,1-2H3. The van der Waals surface area contributed by atoms with Gasteiger partial charge in [-0.2, -0.15) is 0 Å². The van der Waals surface area contributed by atoms with E-state index in [0.29, 0.717) is 0 Å². The first kappa shape index (κ1) is 16.2. The van der Waals surface area contributed by atoms with Gasteiger partial charge in [-0.05, 0) is 12.5 Å². The maximum absolute atomic E-state index is 5.72. The molecule has 0 fully saturated rings. The topological polar surface area (TPSA) is 9.23 Å². The minimum atomic E-state index is -0.150. The minimum absolute atomic E-state index is 0.150. The van der Waals surface area contributed by atoms with Crippen LogP contribution >= 0.6 is 0 Å². The first-order chi connectivity index (χ1) is 7.91. The number of rotatable bonds is 13. The van der Waals surface area contributed by atoms with Gasteiger partial charge in [-0.25, -0.2) is 0 Å². The Bertz CT molecular complexity index is 103. The van der Waals surface area contributed by atoms with Crippen LogP contribution in [0.25, 0.3) is 0 Å². The van der Waals surface area contributed by atoms with Crippen molar-refractivity contribution >= 4 is 9.76 Å². The highest BCUT2D eigenvalue weighted by Gasteiger charge is 1.92. The quantitative estimate of drug-likeness (QED) is 0.344. The highest BCUT2D eigenvalue weighted by Crippen LogP contribution is 2.08. The van der Waals surface area contributed by atoms with Crippen molar-refractivity contribution in [2.45, 2.75) is 84.1 Å². The summed E-state index contributed by atoms with van der Waals surface area (Å²) in [6, 6.07) is 1.38. The number of hydrogen-bond donors (Lipinski definition) is 0. The molecule has 16 heavy (non-hydrogen) atoms. The third kappa shape index (κ3) is 14.2. The molecule has 0 bridgehead atoms. The van der Waals surface area contributed by atoms with Gasteiger partial charge in [0.25, 0.3) is 0 Å². The second kappa shape index (κ2) is 15.2. The summed E-state index contributed by atoms with van der Waals surface area (Å²) in [7, 11) is -0.150. The van der Waals surface area contributed by atoms with Crippen LogP contribution in [0.4, 0.5) is 0 Å². The van der Waals surface area contributed by atoms with Gasteiger partial charge < -0.3 is 4.43 Å². The van der Waals surface area contributed by atoms with Crippen LogP contribution in [-0.4, -0.2) is 16.4 Å². The van der Waals surface area contributed by atoms with Crippen molar-refractivity contribution in [1.29, 1.82) is 0 Å². The maximum Gasteiger partial charge on any atom is 0.161 e. The first-order valence-electron chi connectivity index (χ1n) is 7.49. The molecule has 0 atom stereocenters. The fourth-order valence-corrected chi connectivity index (χ4v) is 3.21. The number of unbranched alkanes of at least 4 members (excludes halogenated alkanes) is 8. The van der Waals surface area contributed by atoms with Crippen LogP contribution in [0.3, 0.4) is 0 Å². The maximum atomic E-state index is 5.72. The zero-order valence-corrected chi connectivity index (χ0v) is 13.0. The number of hydrogen-bond acceptors (Lipinski definition) is 1. The molecule has 0 aliphatic rings. The Balaban J connectivity index is 2.83. The van der Waals surface area contributed by atoms with Gasteiger partial charge in [0.1, 0.15) is 0 Å². The molecule has 0 rings (SSSR count). The first-order valence-corrected chi connectivity index (χ1v) is 9.07. The Morgan fingerprint density at radius 2 is 1.25 bits per heavy atom. The highest BCUT2D eigenvalue weighted by molar-refractivity contribution is 6.26. The third-order valence-corrected chi connectivity index (χ3v) is 4.40. The molecule has 2 heteroatoms. The average molecular weight is 244 g/mol. The molecular weight excluding hydrogens is 212 g/mol. The van der Waals surface area contributed by atoms with Crippen molar-refractivity contribution in [2.75, 3.05) is 6.61 Å². The zero-order chi connectivity index (χ0) is 11.9. The Hall–Kier alpha value is 0.177. The van der Waals surface area contributed by atoms with E-state index in [9.17, 15) is 0 Å². The van der Waals surface area contributed by atoms with Gasteiger partial charge in [-0.15, -0.1) is 0 Å². The summed E-state index contributed by atoms with van der Waals surface area (Å²) < 4.78 is 5.72. The molecule has 0 aromatic rings. The fourth-order valence-electron chi connectivity index (χ4n) is 1.89. The van der Waals surface area contributed by atoms with E-state index >= 15 is 0 Å². The summed E-state index contributed by atoms with van der Waals surface area (Å²) in [6.45, 7) is 5.58. The molecule has 0 aliphatic heterocycles. The summed E-state index contributed by atoms with van der Waals surface area (Å²) >= 11 is 0. The molecule has 1 nitrogen and oxygen atoms in total. The molecule has 0 aromatic carbocycles.